The summed E-state index contributed by atoms with van der Waals surface area (Å²) in [5.74, 6) is -1.52. The quantitative estimate of drug-likeness (QED) is 0.158. The largest absolute Gasteiger partial charge is 0.339 e. The molecular weight excluding hydrogens is 566 g/mol. The fraction of sp³-hybridized carbons (Fsp3) is 0.0833. The first-order valence-electron chi connectivity index (χ1n) is 10.3. The second-order valence-electron chi connectivity index (χ2n) is 7.53. The lowest BCUT2D eigenvalue weighted by Crippen LogP contribution is -2.56. The van der Waals surface area contributed by atoms with Crippen molar-refractivity contribution in [3.8, 4) is 0 Å². The number of hydrogen-bond acceptors (Lipinski definition) is 4. The third-order valence-corrected chi connectivity index (χ3v) is 6.39. The Morgan fingerprint density at radius 1 is 0.833 bits per heavy atom. The molecule has 1 unspecified atom stereocenters. The van der Waals surface area contributed by atoms with Crippen LogP contribution in [0, 0.1) is 0 Å². The Labute approximate surface area is 231 Å². The van der Waals surface area contributed by atoms with Crippen molar-refractivity contribution < 1.29 is 14.4 Å². The third-order valence-electron chi connectivity index (χ3n) is 5.18. The van der Waals surface area contributed by atoms with Gasteiger partial charge in [-0.15, -0.1) is 0 Å². The van der Waals surface area contributed by atoms with E-state index in [2.05, 4.69) is 16.0 Å². The summed E-state index contributed by atoms with van der Waals surface area (Å²) in [4.78, 5) is 39.7. The Morgan fingerprint density at radius 2 is 1.39 bits per heavy atom. The molecule has 12 heteroatoms. The number of halogens is 4. The first-order chi connectivity index (χ1) is 17.1. The van der Waals surface area contributed by atoms with E-state index in [-0.39, 0.29) is 21.4 Å². The SMILES string of the molecule is O=C(NC(NC(=S)Nc1ccccc1N1C(=O)c2ccccc2C1=O)C(Cl)(Cl)Cl)c1ccccc1Cl. The topological polar surface area (TPSA) is 90.5 Å². The van der Waals surface area contributed by atoms with Crippen LogP contribution in [0.2, 0.25) is 5.02 Å². The molecule has 1 aliphatic heterocycles. The van der Waals surface area contributed by atoms with Gasteiger partial charge >= 0.3 is 0 Å². The molecular formula is C24H16Cl4N4O3S. The van der Waals surface area contributed by atoms with E-state index in [1.165, 1.54) is 6.07 Å². The maximum Gasteiger partial charge on any atom is 0.266 e. The highest BCUT2D eigenvalue weighted by molar-refractivity contribution is 7.80. The van der Waals surface area contributed by atoms with E-state index in [4.69, 9.17) is 58.6 Å². The van der Waals surface area contributed by atoms with Crippen molar-refractivity contribution in [1.82, 2.24) is 10.6 Å². The van der Waals surface area contributed by atoms with Crippen molar-refractivity contribution in [3.63, 3.8) is 0 Å². The number of rotatable bonds is 5. The Balaban J connectivity index is 1.53. The number of para-hydroxylation sites is 2. The average molecular weight is 582 g/mol. The fourth-order valence-electron chi connectivity index (χ4n) is 3.53. The molecule has 3 N–H and O–H groups in total. The van der Waals surface area contributed by atoms with Crippen LogP contribution >= 0.6 is 58.6 Å². The molecule has 0 saturated heterocycles. The van der Waals surface area contributed by atoms with Gasteiger partial charge in [-0.1, -0.05) is 82.8 Å². The van der Waals surface area contributed by atoms with E-state index in [1.54, 1.807) is 66.7 Å². The summed E-state index contributed by atoms with van der Waals surface area (Å²) in [7, 11) is 0. The Morgan fingerprint density at radius 3 is 2.00 bits per heavy atom. The first kappa shape index (κ1) is 26.2. The lowest BCUT2D eigenvalue weighted by atomic mass is 10.1. The number of hydrogen-bond donors (Lipinski definition) is 3. The minimum Gasteiger partial charge on any atom is -0.339 e. The second-order valence-corrected chi connectivity index (χ2v) is 10.7. The number of alkyl halides is 3. The number of benzene rings is 3. The van der Waals surface area contributed by atoms with Gasteiger partial charge in [0.15, 0.2) is 5.11 Å². The second kappa shape index (κ2) is 10.6. The number of nitrogens with one attached hydrogen (secondary N) is 3. The van der Waals surface area contributed by atoms with Crippen molar-refractivity contribution in [2.24, 2.45) is 0 Å². The predicted octanol–water partition coefficient (Wildman–Crippen LogP) is 5.55. The maximum absolute atomic E-state index is 13.0. The highest BCUT2D eigenvalue weighted by Crippen LogP contribution is 2.34. The standard InChI is InChI=1S/C24H16Cl4N4O3S/c25-16-10-4-3-9-15(16)19(33)30-22(24(26,27)28)31-23(36)29-17-11-5-6-12-18(17)32-20(34)13-7-1-2-8-14(13)21(32)35/h1-12,22H,(H,30,33)(H2,29,31,36). The maximum atomic E-state index is 13.0. The van der Waals surface area contributed by atoms with Crippen LogP contribution in [0.3, 0.4) is 0 Å². The van der Waals surface area contributed by atoms with Crippen LogP contribution in [0.1, 0.15) is 31.1 Å². The summed E-state index contributed by atoms with van der Waals surface area (Å²) in [5, 5.41) is 8.37. The van der Waals surface area contributed by atoms with Gasteiger partial charge in [0.2, 0.25) is 3.79 Å². The van der Waals surface area contributed by atoms with Gasteiger partial charge in [-0.3, -0.25) is 14.4 Å². The Kier molecular flexibility index (Phi) is 7.73. The highest BCUT2D eigenvalue weighted by Gasteiger charge is 2.38. The minimum absolute atomic E-state index is 0.0464. The van der Waals surface area contributed by atoms with Gasteiger partial charge in [-0.05, 0) is 48.6 Å². The molecule has 0 aromatic heterocycles. The van der Waals surface area contributed by atoms with Gasteiger partial charge in [0.1, 0.15) is 6.17 Å². The summed E-state index contributed by atoms with van der Waals surface area (Å²) >= 11 is 29.7. The van der Waals surface area contributed by atoms with Crippen LogP contribution in [0.5, 0.6) is 0 Å². The van der Waals surface area contributed by atoms with Gasteiger partial charge in [-0.25, -0.2) is 4.90 Å². The Bertz CT molecular complexity index is 1340. The molecule has 0 aliphatic carbocycles. The number of nitrogens with zero attached hydrogens (tertiary/aromatic N) is 1. The number of imide groups is 1. The van der Waals surface area contributed by atoms with E-state index in [9.17, 15) is 14.4 Å². The van der Waals surface area contributed by atoms with Crippen LogP contribution in [0.25, 0.3) is 0 Å². The van der Waals surface area contributed by atoms with Crippen molar-refractivity contribution in [3.05, 3.63) is 94.5 Å². The van der Waals surface area contributed by atoms with Gasteiger partial charge in [0.05, 0.1) is 33.1 Å². The van der Waals surface area contributed by atoms with E-state index >= 15 is 0 Å². The third kappa shape index (κ3) is 5.43. The fourth-order valence-corrected chi connectivity index (χ4v) is 4.30. The molecule has 0 spiro atoms. The molecule has 1 atom stereocenters. The summed E-state index contributed by atoms with van der Waals surface area (Å²) in [6.07, 6.45) is -1.27. The molecule has 3 aromatic rings. The molecule has 1 heterocycles. The lowest BCUT2D eigenvalue weighted by Gasteiger charge is -2.28. The number of carbonyl (C=O) groups is 3. The van der Waals surface area contributed by atoms with E-state index in [0.717, 1.165) is 4.90 Å². The van der Waals surface area contributed by atoms with Gasteiger partial charge in [-0.2, -0.15) is 0 Å². The van der Waals surface area contributed by atoms with E-state index < -0.39 is 27.7 Å². The summed E-state index contributed by atoms with van der Waals surface area (Å²) in [6, 6.07) is 19.5. The molecule has 0 radical (unpaired) electrons. The zero-order valence-electron chi connectivity index (χ0n) is 18.1. The molecule has 7 nitrogen and oxygen atoms in total. The van der Waals surface area contributed by atoms with Crippen molar-refractivity contribution in [1.29, 1.82) is 0 Å². The number of fused-ring (bicyclic) bond motifs is 1. The molecule has 4 rings (SSSR count). The van der Waals surface area contributed by atoms with Crippen LogP contribution in [0.15, 0.2) is 72.8 Å². The van der Waals surface area contributed by atoms with Crippen molar-refractivity contribution in [2.45, 2.75) is 9.96 Å². The van der Waals surface area contributed by atoms with E-state index in [0.29, 0.717) is 16.8 Å². The monoisotopic (exact) mass is 580 g/mol. The number of thiocarbonyl (C=S) groups is 1. The summed E-state index contributed by atoms with van der Waals surface area (Å²) in [5.41, 5.74) is 1.39. The molecule has 0 fully saturated rings. The molecule has 36 heavy (non-hydrogen) atoms. The van der Waals surface area contributed by atoms with Gasteiger partial charge in [0, 0.05) is 0 Å². The summed E-state index contributed by atoms with van der Waals surface area (Å²) in [6.45, 7) is 0. The average Bonchev–Trinajstić information content (AvgIpc) is 3.09. The molecule has 0 saturated carbocycles. The van der Waals surface area contributed by atoms with Crippen molar-refractivity contribution >= 4 is 92.8 Å². The zero-order valence-corrected chi connectivity index (χ0v) is 21.9. The van der Waals surface area contributed by atoms with Crippen LogP contribution in [-0.2, 0) is 0 Å². The van der Waals surface area contributed by atoms with Crippen LogP contribution in [-0.4, -0.2) is 32.8 Å². The first-order valence-corrected chi connectivity index (χ1v) is 12.3. The summed E-state index contributed by atoms with van der Waals surface area (Å²) < 4.78 is -2.01. The van der Waals surface area contributed by atoms with Crippen LogP contribution < -0.4 is 20.9 Å². The number of amides is 3. The molecule has 1 aliphatic rings. The number of anilines is 2. The van der Waals surface area contributed by atoms with Crippen LogP contribution in [0.4, 0.5) is 11.4 Å². The zero-order chi connectivity index (χ0) is 26.0. The molecule has 0 bridgehead atoms. The molecule has 184 valence electrons. The number of carbonyl (C=O) groups excluding carboxylic acids is 3. The predicted molar refractivity (Wildman–Crippen MR) is 146 cm³/mol. The lowest BCUT2D eigenvalue weighted by molar-refractivity contribution is 0.0918. The highest BCUT2D eigenvalue weighted by atomic mass is 35.6. The smallest absolute Gasteiger partial charge is 0.266 e. The van der Waals surface area contributed by atoms with E-state index in [1.807, 2.05) is 0 Å². The Hall–Kier alpha value is -2.88. The molecule has 3 aromatic carbocycles. The van der Waals surface area contributed by atoms with Gasteiger partial charge in [0.25, 0.3) is 17.7 Å². The minimum atomic E-state index is -2.01. The molecule has 3 amide bonds. The van der Waals surface area contributed by atoms with Gasteiger partial charge < -0.3 is 16.0 Å². The normalized spacial score (nSPS) is 13.7. The van der Waals surface area contributed by atoms with Crippen molar-refractivity contribution in [2.75, 3.05) is 10.2 Å².